The third kappa shape index (κ3) is 4.98. The van der Waals surface area contributed by atoms with Crippen LogP contribution in [0.5, 0.6) is 0 Å². The molecule has 0 saturated carbocycles. The number of thioether (sulfide) groups is 1. The maximum atomic E-state index is 13.4. The second kappa shape index (κ2) is 7.94. The first-order valence-electron chi connectivity index (χ1n) is 6.39. The molecule has 0 fully saturated rings. The number of amides is 1. The molecule has 2 aromatic rings. The standard InChI is InChI=1S/C13H15FN4OS2/c1-2-15-12-17-18-13(21-12)20-8-11(19)16-7-9-5-3-4-6-10(9)14/h3-6H,2,7-8H2,1H3,(H,15,17)(H,16,19). The number of hydrogen-bond acceptors (Lipinski definition) is 6. The van der Waals surface area contributed by atoms with Gasteiger partial charge in [-0.05, 0) is 13.0 Å². The van der Waals surface area contributed by atoms with Crippen LogP contribution < -0.4 is 10.6 Å². The van der Waals surface area contributed by atoms with Crippen molar-refractivity contribution in [1.29, 1.82) is 0 Å². The van der Waals surface area contributed by atoms with Gasteiger partial charge in [0.05, 0.1) is 5.75 Å². The van der Waals surface area contributed by atoms with Crippen molar-refractivity contribution in [2.45, 2.75) is 17.8 Å². The van der Waals surface area contributed by atoms with Crippen LogP contribution in [0.1, 0.15) is 12.5 Å². The first-order chi connectivity index (χ1) is 10.2. The highest BCUT2D eigenvalue weighted by atomic mass is 32.2. The first-order valence-corrected chi connectivity index (χ1v) is 8.19. The summed E-state index contributed by atoms with van der Waals surface area (Å²) in [5.74, 6) is -0.247. The molecule has 0 saturated heterocycles. The molecule has 0 aliphatic carbocycles. The average Bonchev–Trinajstić information content (AvgIpc) is 2.92. The molecule has 0 aliphatic rings. The van der Waals surface area contributed by atoms with E-state index in [-0.39, 0.29) is 24.0 Å². The summed E-state index contributed by atoms with van der Waals surface area (Å²) in [6.07, 6.45) is 0. The number of carbonyl (C=O) groups excluding carboxylic acids is 1. The van der Waals surface area contributed by atoms with Crippen molar-refractivity contribution >= 4 is 34.1 Å². The zero-order valence-electron chi connectivity index (χ0n) is 11.4. The maximum absolute atomic E-state index is 13.4. The average molecular weight is 326 g/mol. The second-order valence-electron chi connectivity index (χ2n) is 4.06. The van der Waals surface area contributed by atoms with Gasteiger partial charge in [0.25, 0.3) is 0 Å². The van der Waals surface area contributed by atoms with E-state index in [2.05, 4.69) is 20.8 Å². The van der Waals surface area contributed by atoms with E-state index in [0.29, 0.717) is 5.56 Å². The zero-order valence-corrected chi connectivity index (χ0v) is 13.1. The summed E-state index contributed by atoms with van der Waals surface area (Å²) >= 11 is 2.72. The second-order valence-corrected chi connectivity index (χ2v) is 6.26. The predicted molar refractivity (Wildman–Crippen MR) is 83.0 cm³/mol. The van der Waals surface area contributed by atoms with E-state index in [1.54, 1.807) is 18.2 Å². The molecule has 0 unspecified atom stereocenters. The lowest BCUT2D eigenvalue weighted by Gasteiger charge is -2.05. The Morgan fingerprint density at radius 1 is 1.38 bits per heavy atom. The fourth-order valence-electron chi connectivity index (χ4n) is 1.50. The van der Waals surface area contributed by atoms with Crippen LogP contribution in [0.3, 0.4) is 0 Å². The zero-order chi connectivity index (χ0) is 15.1. The molecule has 5 nitrogen and oxygen atoms in total. The number of halogens is 1. The van der Waals surface area contributed by atoms with Crippen LogP contribution in [-0.4, -0.2) is 28.4 Å². The van der Waals surface area contributed by atoms with Crippen LogP contribution in [-0.2, 0) is 11.3 Å². The van der Waals surface area contributed by atoms with Crippen molar-refractivity contribution in [3.05, 3.63) is 35.6 Å². The Hall–Kier alpha value is -1.67. The van der Waals surface area contributed by atoms with Crippen LogP contribution >= 0.6 is 23.1 Å². The molecule has 0 aliphatic heterocycles. The topological polar surface area (TPSA) is 66.9 Å². The predicted octanol–water partition coefficient (Wildman–Crippen LogP) is 2.52. The molecule has 21 heavy (non-hydrogen) atoms. The smallest absolute Gasteiger partial charge is 0.230 e. The largest absolute Gasteiger partial charge is 0.360 e. The molecule has 0 atom stereocenters. The summed E-state index contributed by atoms with van der Waals surface area (Å²) in [5.41, 5.74) is 0.473. The van der Waals surface area contributed by atoms with Crippen molar-refractivity contribution in [1.82, 2.24) is 15.5 Å². The van der Waals surface area contributed by atoms with Gasteiger partial charge in [-0.1, -0.05) is 41.3 Å². The molecule has 2 rings (SSSR count). The molecule has 8 heteroatoms. The van der Waals surface area contributed by atoms with Gasteiger partial charge in [0.2, 0.25) is 11.0 Å². The van der Waals surface area contributed by atoms with Crippen LogP contribution in [0, 0.1) is 5.82 Å². The number of nitrogens with one attached hydrogen (secondary N) is 2. The first kappa shape index (κ1) is 15.7. The number of benzene rings is 1. The van der Waals surface area contributed by atoms with E-state index in [9.17, 15) is 9.18 Å². The normalized spacial score (nSPS) is 10.4. The van der Waals surface area contributed by atoms with Crippen LogP contribution in [0.25, 0.3) is 0 Å². The molecule has 1 aromatic carbocycles. The number of anilines is 1. The van der Waals surface area contributed by atoms with Gasteiger partial charge in [-0.15, -0.1) is 10.2 Å². The molecule has 1 aromatic heterocycles. The highest BCUT2D eigenvalue weighted by molar-refractivity contribution is 8.01. The molecule has 1 amide bonds. The van der Waals surface area contributed by atoms with Gasteiger partial charge >= 0.3 is 0 Å². The summed E-state index contributed by atoms with van der Waals surface area (Å²) < 4.78 is 14.1. The van der Waals surface area contributed by atoms with E-state index in [1.165, 1.54) is 29.2 Å². The van der Waals surface area contributed by atoms with Crippen molar-refractivity contribution in [2.75, 3.05) is 17.6 Å². The van der Waals surface area contributed by atoms with Crippen molar-refractivity contribution in [2.24, 2.45) is 0 Å². The van der Waals surface area contributed by atoms with Crippen LogP contribution in [0.15, 0.2) is 28.6 Å². The minimum Gasteiger partial charge on any atom is -0.360 e. The summed E-state index contributed by atoms with van der Waals surface area (Å²) in [4.78, 5) is 11.7. The van der Waals surface area contributed by atoms with Crippen LogP contribution in [0.2, 0.25) is 0 Å². The molecule has 0 bridgehead atoms. The van der Waals surface area contributed by atoms with E-state index >= 15 is 0 Å². The minimum absolute atomic E-state index is 0.163. The number of nitrogens with zero attached hydrogens (tertiary/aromatic N) is 2. The number of hydrogen-bond donors (Lipinski definition) is 2. The molecular formula is C13H15FN4OS2. The molecule has 2 N–H and O–H groups in total. The minimum atomic E-state index is -0.315. The van der Waals surface area contributed by atoms with Gasteiger partial charge in [0, 0.05) is 18.7 Å². The summed E-state index contributed by atoms with van der Waals surface area (Å²) in [5, 5.41) is 14.4. The monoisotopic (exact) mass is 326 g/mol. The lowest BCUT2D eigenvalue weighted by atomic mass is 10.2. The Labute approximate surface area is 130 Å². The van der Waals surface area contributed by atoms with Gasteiger partial charge in [0.15, 0.2) is 4.34 Å². The summed E-state index contributed by atoms with van der Waals surface area (Å²) in [7, 11) is 0. The molecule has 0 spiro atoms. The lowest BCUT2D eigenvalue weighted by molar-refractivity contribution is -0.118. The fraction of sp³-hybridized carbons (Fsp3) is 0.308. The van der Waals surface area contributed by atoms with E-state index in [1.807, 2.05) is 6.92 Å². The Bertz CT molecular complexity index is 605. The number of carbonyl (C=O) groups is 1. The van der Waals surface area contributed by atoms with Gasteiger partial charge in [-0.25, -0.2) is 4.39 Å². The van der Waals surface area contributed by atoms with Crippen molar-refractivity contribution in [3.63, 3.8) is 0 Å². The number of rotatable bonds is 7. The highest BCUT2D eigenvalue weighted by Crippen LogP contribution is 2.24. The van der Waals surface area contributed by atoms with Gasteiger partial charge < -0.3 is 10.6 Å². The maximum Gasteiger partial charge on any atom is 0.230 e. The quantitative estimate of drug-likeness (QED) is 0.765. The fourth-order valence-corrected chi connectivity index (χ4v) is 3.15. The lowest BCUT2D eigenvalue weighted by Crippen LogP contribution is -2.24. The molecular weight excluding hydrogens is 311 g/mol. The Kier molecular flexibility index (Phi) is 5.94. The van der Waals surface area contributed by atoms with E-state index < -0.39 is 0 Å². The van der Waals surface area contributed by atoms with Crippen molar-refractivity contribution in [3.8, 4) is 0 Å². The SMILES string of the molecule is CCNc1nnc(SCC(=O)NCc2ccccc2F)s1. The summed E-state index contributed by atoms with van der Waals surface area (Å²) in [6.45, 7) is 2.94. The molecule has 1 heterocycles. The van der Waals surface area contributed by atoms with E-state index in [0.717, 1.165) is 16.0 Å². The number of aromatic nitrogens is 2. The third-order valence-corrected chi connectivity index (χ3v) is 4.51. The Balaban J connectivity index is 1.75. The highest BCUT2D eigenvalue weighted by Gasteiger charge is 2.08. The van der Waals surface area contributed by atoms with Crippen molar-refractivity contribution < 1.29 is 9.18 Å². The third-order valence-electron chi connectivity index (χ3n) is 2.50. The van der Waals surface area contributed by atoms with E-state index in [4.69, 9.17) is 0 Å². The van der Waals surface area contributed by atoms with Gasteiger partial charge in [-0.3, -0.25) is 4.79 Å². The van der Waals surface area contributed by atoms with Gasteiger partial charge in [0.1, 0.15) is 5.82 Å². The Morgan fingerprint density at radius 3 is 2.95 bits per heavy atom. The Morgan fingerprint density at radius 2 is 2.19 bits per heavy atom. The summed E-state index contributed by atoms with van der Waals surface area (Å²) in [6, 6.07) is 6.38. The van der Waals surface area contributed by atoms with Gasteiger partial charge in [-0.2, -0.15) is 0 Å². The molecule has 112 valence electrons. The van der Waals surface area contributed by atoms with Crippen LogP contribution in [0.4, 0.5) is 9.52 Å². The molecule has 0 radical (unpaired) electrons.